The van der Waals surface area contributed by atoms with Crippen molar-refractivity contribution >= 4 is 5.82 Å². The predicted molar refractivity (Wildman–Crippen MR) is 80.8 cm³/mol. The van der Waals surface area contributed by atoms with Crippen molar-refractivity contribution in [3.8, 4) is 6.07 Å². The van der Waals surface area contributed by atoms with E-state index in [9.17, 15) is 0 Å². The lowest BCUT2D eigenvalue weighted by molar-refractivity contribution is 0.268. The predicted octanol–water partition coefficient (Wildman–Crippen LogP) is 1.84. The van der Waals surface area contributed by atoms with E-state index < -0.39 is 0 Å². The number of piperazine rings is 1. The molecule has 1 aromatic carbocycles. The summed E-state index contributed by atoms with van der Waals surface area (Å²) in [5.41, 5.74) is 1.62. The van der Waals surface area contributed by atoms with E-state index in [0.717, 1.165) is 25.5 Å². The third-order valence-electron chi connectivity index (χ3n) is 3.83. The number of rotatable bonds is 2. The molecule has 0 radical (unpaired) electrons. The van der Waals surface area contributed by atoms with Crippen molar-refractivity contribution < 1.29 is 0 Å². The van der Waals surface area contributed by atoms with Gasteiger partial charge in [-0.25, -0.2) is 0 Å². The average Bonchev–Trinajstić information content (AvgIpc) is 2.56. The molecule has 5 heteroatoms. The minimum absolute atomic E-state index is 0.257. The molecule has 1 fully saturated rings. The molecule has 1 unspecified atom stereocenters. The molecule has 1 aromatic heterocycles. The minimum Gasteiger partial charge on any atom is -0.346 e. The molecule has 1 aliphatic heterocycles. The Balaban J connectivity index is 1.92. The van der Waals surface area contributed by atoms with Crippen LogP contribution >= 0.6 is 0 Å². The van der Waals surface area contributed by atoms with Gasteiger partial charge in [-0.1, -0.05) is 30.3 Å². The molecular formula is C16H17N5. The van der Waals surface area contributed by atoms with Gasteiger partial charge in [-0.3, -0.25) is 0 Å². The zero-order valence-corrected chi connectivity index (χ0v) is 12.0. The molecule has 2 aromatic rings. The van der Waals surface area contributed by atoms with Crippen molar-refractivity contribution in [3.05, 3.63) is 53.7 Å². The molecule has 0 spiro atoms. The maximum Gasteiger partial charge on any atom is 0.163 e. The number of nitriles is 1. The lowest BCUT2D eigenvalue weighted by atomic mass is 10.0. The fraction of sp³-hybridized carbons (Fsp3) is 0.312. The normalized spacial score (nSPS) is 19.2. The number of hydrogen-bond donors (Lipinski definition) is 0. The van der Waals surface area contributed by atoms with E-state index in [0.29, 0.717) is 5.69 Å². The molecule has 0 saturated carbocycles. The Morgan fingerprint density at radius 2 is 1.90 bits per heavy atom. The highest BCUT2D eigenvalue weighted by Gasteiger charge is 2.27. The quantitative estimate of drug-likeness (QED) is 0.839. The summed E-state index contributed by atoms with van der Waals surface area (Å²) in [5, 5.41) is 17.0. The smallest absolute Gasteiger partial charge is 0.163 e. The largest absolute Gasteiger partial charge is 0.346 e. The number of hydrogen-bond acceptors (Lipinski definition) is 5. The van der Waals surface area contributed by atoms with Crippen LogP contribution in [0.2, 0.25) is 0 Å². The molecule has 0 bridgehead atoms. The zero-order valence-electron chi connectivity index (χ0n) is 12.0. The third-order valence-corrected chi connectivity index (χ3v) is 3.83. The van der Waals surface area contributed by atoms with E-state index in [1.165, 1.54) is 5.56 Å². The van der Waals surface area contributed by atoms with Crippen molar-refractivity contribution in [1.29, 1.82) is 5.26 Å². The average molecular weight is 279 g/mol. The third kappa shape index (κ3) is 2.86. The first-order valence-electron chi connectivity index (χ1n) is 7.02. The summed E-state index contributed by atoms with van der Waals surface area (Å²) in [6.07, 6.45) is 0. The summed E-state index contributed by atoms with van der Waals surface area (Å²) in [5.74, 6) is 0.830. The van der Waals surface area contributed by atoms with E-state index in [-0.39, 0.29) is 6.04 Å². The Labute approximate surface area is 124 Å². The number of nitrogens with zero attached hydrogens (tertiary/aromatic N) is 5. The zero-order chi connectivity index (χ0) is 14.7. The van der Waals surface area contributed by atoms with Crippen molar-refractivity contribution in [1.82, 2.24) is 15.1 Å². The van der Waals surface area contributed by atoms with Crippen LogP contribution in [0.15, 0.2) is 42.5 Å². The van der Waals surface area contributed by atoms with Gasteiger partial charge >= 0.3 is 0 Å². The number of likely N-dealkylation sites (N-methyl/N-ethyl adjacent to an activating group) is 1. The molecule has 0 amide bonds. The molecule has 2 heterocycles. The lowest BCUT2D eigenvalue weighted by Crippen LogP contribution is -2.47. The van der Waals surface area contributed by atoms with E-state index in [2.05, 4.69) is 51.3 Å². The molecule has 1 saturated heterocycles. The highest BCUT2D eigenvalue weighted by Crippen LogP contribution is 2.28. The summed E-state index contributed by atoms with van der Waals surface area (Å²) in [7, 11) is 2.14. The summed E-state index contributed by atoms with van der Waals surface area (Å²) in [6.45, 7) is 2.84. The molecule has 21 heavy (non-hydrogen) atoms. The van der Waals surface area contributed by atoms with Crippen molar-refractivity contribution in [2.24, 2.45) is 0 Å². The van der Waals surface area contributed by atoms with Gasteiger partial charge in [0.1, 0.15) is 6.07 Å². The maximum absolute atomic E-state index is 8.83. The van der Waals surface area contributed by atoms with Gasteiger partial charge in [-0.05, 0) is 24.7 Å². The highest BCUT2D eigenvalue weighted by molar-refractivity contribution is 5.43. The Hall–Kier alpha value is -2.45. The summed E-state index contributed by atoms with van der Waals surface area (Å²) in [6, 6.07) is 16.3. The second-order valence-corrected chi connectivity index (χ2v) is 5.27. The highest BCUT2D eigenvalue weighted by atomic mass is 15.3. The van der Waals surface area contributed by atoms with Gasteiger partial charge in [-0.2, -0.15) is 5.26 Å². The van der Waals surface area contributed by atoms with Crippen molar-refractivity contribution in [2.75, 3.05) is 31.6 Å². The Bertz CT molecular complexity index is 632. The first-order valence-corrected chi connectivity index (χ1v) is 7.02. The molecule has 5 nitrogen and oxygen atoms in total. The van der Waals surface area contributed by atoms with E-state index in [4.69, 9.17) is 5.26 Å². The van der Waals surface area contributed by atoms with Crippen LogP contribution in [0.1, 0.15) is 17.3 Å². The van der Waals surface area contributed by atoms with E-state index >= 15 is 0 Å². The number of anilines is 1. The summed E-state index contributed by atoms with van der Waals surface area (Å²) >= 11 is 0. The van der Waals surface area contributed by atoms with E-state index in [1.54, 1.807) is 6.07 Å². The van der Waals surface area contributed by atoms with Crippen LogP contribution in [-0.4, -0.2) is 41.8 Å². The van der Waals surface area contributed by atoms with Gasteiger partial charge < -0.3 is 9.80 Å². The van der Waals surface area contributed by atoms with Crippen molar-refractivity contribution in [3.63, 3.8) is 0 Å². The van der Waals surface area contributed by atoms with Crippen LogP contribution in [0.5, 0.6) is 0 Å². The molecule has 3 rings (SSSR count). The van der Waals surface area contributed by atoms with Gasteiger partial charge in [0, 0.05) is 19.6 Å². The number of benzene rings is 1. The van der Waals surface area contributed by atoms with Crippen LogP contribution in [0.4, 0.5) is 5.82 Å². The number of aromatic nitrogens is 2. The van der Waals surface area contributed by atoms with Gasteiger partial charge in [0.2, 0.25) is 0 Å². The lowest BCUT2D eigenvalue weighted by Gasteiger charge is -2.40. The monoisotopic (exact) mass is 279 g/mol. The molecule has 106 valence electrons. The summed E-state index contributed by atoms with van der Waals surface area (Å²) in [4.78, 5) is 4.59. The van der Waals surface area contributed by atoms with Crippen LogP contribution in [0.25, 0.3) is 0 Å². The molecular weight excluding hydrogens is 262 g/mol. The van der Waals surface area contributed by atoms with Gasteiger partial charge in [0.15, 0.2) is 11.5 Å². The Morgan fingerprint density at radius 1 is 1.10 bits per heavy atom. The van der Waals surface area contributed by atoms with Crippen LogP contribution in [0.3, 0.4) is 0 Å². The van der Waals surface area contributed by atoms with Crippen LogP contribution < -0.4 is 4.90 Å². The minimum atomic E-state index is 0.257. The topological polar surface area (TPSA) is 56.0 Å². The second-order valence-electron chi connectivity index (χ2n) is 5.27. The first-order chi connectivity index (χ1) is 10.3. The first kappa shape index (κ1) is 13.5. The molecule has 1 atom stereocenters. The van der Waals surface area contributed by atoms with Crippen molar-refractivity contribution in [2.45, 2.75) is 6.04 Å². The van der Waals surface area contributed by atoms with Crippen LogP contribution in [0, 0.1) is 11.3 Å². The van der Waals surface area contributed by atoms with E-state index in [1.807, 2.05) is 18.2 Å². The van der Waals surface area contributed by atoms with Gasteiger partial charge in [-0.15, -0.1) is 10.2 Å². The fourth-order valence-corrected chi connectivity index (χ4v) is 2.69. The standard InChI is InChI=1S/C16H17N5/c1-20-9-10-21(16-8-7-14(11-17)18-19-16)15(12-20)13-5-3-2-4-6-13/h2-8,15H,9-10,12H2,1H3. The Kier molecular flexibility index (Phi) is 3.80. The molecule has 1 aliphatic rings. The molecule has 0 aliphatic carbocycles. The maximum atomic E-state index is 8.83. The summed E-state index contributed by atoms with van der Waals surface area (Å²) < 4.78 is 0. The second kappa shape index (κ2) is 5.90. The fourth-order valence-electron chi connectivity index (χ4n) is 2.69. The SMILES string of the molecule is CN1CCN(c2ccc(C#N)nn2)C(c2ccccc2)C1. The Morgan fingerprint density at radius 3 is 2.57 bits per heavy atom. The van der Waals surface area contributed by atoms with Gasteiger partial charge in [0.25, 0.3) is 0 Å². The molecule has 0 N–H and O–H groups in total. The van der Waals surface area contributed by atoms with Gasteiger partial charge in [0.05, 0.1) is 6.04 Å². The van der Waals surface area contributed by atoms with Crippen LogP contribution in [-0.2, 0) is 0 Å².